The van der Waals surface area contributed by atoms with Gasteiger partial charge in [0, 0.05) is 18.3 Å². The second kappa shape index (κ2) is 5.16. The van der Waals surface area contributed by atoms with E-state index >= 15 is 0 Å². The predicted octanol–water partition coefficient (Wildman–Crippen LogP) is 2.13. The van der Waals surface area contributed by atoms with Crippen LogP contribution in [0.1, 0.15) is 11.5 Å². The summed E-state index contributed by atoms with van der Waals surface area (Å²) in [6.07, 6.45) is 3.54. The maximum atomic E-state index is 4.17. The topological polar surface area (TPSA) is 71.4 Å². The maximum Gasteiger partial charge on any atom is 0.163 e. The summed E-state index contributed by atoms with van der Waals surface area (Å²) in [4.78, 5) is 7.37. The summed E-state index contributed by atoms with van der Waals surface area (Å²) in [7, 11) is 1.93. The van der Waals surface area contributed by atoms with E-state index in [0.29, 0.717) is 0 Å². The Morgan fingerprint density at radius 2 is 2.05 bits per heavy atom. The van der Waals surface area contributed by atoms with E-state index in [-0.39, 0.29) is 0 Å². The lowest BCUT2D eigenvalue weighted by Gasteiger charge is -2.06. The molecule has 3 rings (SSSR count). The number of nitrogens with zero attached hydrogens (tertiary/aromatic N) is 4. The van der Waals surface area contributed by atoms with Gasteiger partial charge < -0.3 is 14.9 Å². The lowest BCUT2D eigenvalue weighted by molar-refractivity contribution is 0.920. The molecule has 6 nitrogen and oxygen atoms in total. The van der Waals surface area contributed by atoms with Gasteiger partial charge in [0.05, 0.1) is 18.4 Å². The lowest BCUT2D eigenvalue weighted by Crippen LogP contribution is -1.99. The molecule has 1 aromatic carbocycles. The summed E-state index contributed by atoms with van der Waals surface area (Å²) in [6.45, 7) is 2.67. The van der Waals surface area contributed by atoms with Gasteiger partial charge in [0.1, 0.15) is 12.2 Å². The first-order valence-electron chi connectivity index (χ1n) is 6.41. The number of aromatic nitrogens is 5. The smallest absolute Gasteiger partial charge is 0.163 e. The third-order valence-corrected chi connectivity index (χ3v) is 3.09. The molecule has 3 aromatic rings. The zero-order valence-corrected chi connectivity index (χ0v) is 11.5. The molecule has 2 aromatic heterocycles. The molecule has 102 valence electrons. The van der Waals surface area contributed by atoms with Crippen molar-refractivity contribution in [3.05, 3.63) is 48.3 Å². The summed E-state index contributed by atoms with van der Waals surface area (Å²) in [5, 5.41) is 11.3. The van der Waals surface area contributed by atoms with Gasteiger partial charge in [0.2, 0.25) is 0 Å². The fourth-order valence-electron chi connectivity index (χ4n) is 2.04. The number of aromatic amines is 1. The van der Waals surface area contributed by atoms with Gasteiger partial charge in [-0.05, 0) is 31.2 Å². The first-order chi connectivity index (χ1) is 9.72. The van der Waals surface area contributed by atoms with E-state index in [0.717, 1.165) is 35.1 Å². The Morgan fingerprint density at radius 3 is 2.65 bits per heavy atom. The van der Waals surface area contributed by atoms with Crippen LogP contribution in [-0.4, -0.2) is 24.7 Å². The molecule has 0 saturated heterocycles. The second-order valence-electron chi connectivity index (χ2n) is 4.69. The SMILES string of the molecule is Cc1ncc(CNc2ccc(-c3nncn3C)cc2)[nH]1. The average Bonchev–Trinajstić information content (AvgIpc) is 3.06. The van der Waals surface area contributed by atoms with Gasteiger partial charge in [0.15, 0.2) is 5.82 Å². The zero-order chi connectivity index (χ0) is 13.9. The number of hydrogen-bond acceptors (Lipinski definition) is 4. The summed E-state index contributed by atoms with van der Waals surface area (Å²) < 4.78 is 1.90. The molecule has 0 aliphatic heterocycles. The molecule has 2 heterocycles. The van der Waals surface area contributed by atoms with E-state index in [2.05, 4.69) is 25.5 Å². The van der Waals surface area contributed by atoms with Crippen molar-refractivity contribution in [2.45, 2.75) is 13.5 Å². The van der Waals surface area contributed by atoms with E-state index in [1.807, 2.05) is 49.0 Å². The van der Waals surface area contributed by atoms with Crippen molar-refractivity contribution in [3.8, 4) is 11.4 Å². The molecule has 0 aliphatic carbocycles. The lowest BCUT2D eigenvalue weighted by atomic mass is 10.2. The highest BCUT2D eigenvalue weighted by atomic mass is 15.2. The molecule has 0 saturated carbocycles. The fraction of sp³-hybridized carbons (Fsp3) is 0.214. The Morgan fingerprint density at radius 1 is 1.25 bits per heavy atom. The van der Waals surface area contributed by atoms with Gasteiger partial charge in [-0.25, -0.2) is 4.98 Å². The minimum absolute atomic E-state index is 0.726. The third-order valence-electron chi connectivity index (χ3n) is 3.09. The molecular weight excluding hydrogens is 252 g/mol. The quantitative estimate of drug-likeness (QED) is 0.760. The molecule has 20 heavy (non-hydrogen) atoms. The number of nitrogens with one attached hydrogen (secondary N) is 2. The number of H-pyrrole nitrogens is 1. The van der Waals surface area contributed by atoms with Crippen LogP contribution in [0.4, 0.5) is 5.69 Å². The summed E-state index contributed by atoms with van der Waals surface area (Å²) in [5.74, 6) is 1.79. The minimum atomic E-state index is 0.726. The van der Waals surface area contributed by atoms with Crippen LogP contribution in [0.2, 0.25) is 0 Å². The van der Waals surface area contributed by atoms with E-state index in [9.17, 15) is 0 Å². The van der Waals surface area contributed by atoms with Crippen molar-refractivity contribution in [1.29, 1.82) is 0 Å². The standard InChI is InChI=1S/C14H16N6/c1-10-15-7-13(18-10)8-16-12-5-3-11(4-6-12)14-19-17-9-20(14)2/h3-7,9,16H,8H2,1-2H3,(H,15,18). The van der Waals surface area contributed by atoms with Crippen LogP contribution in [0, 0.1) is 6.92 Å². The Hall–Kier alpha value is -2.63. The highest BCUT2D eigenvalue weighted by Gasteiger charge is 2.04. The van der Waals surface area contributed by atoms with E-state index in [1.165, 1.54) is 0 Å². The number of benzene rings is 1. The monoisotopic (exact) mass is 268 g/mol. The number of imidazole rings is 1. The van der Waals surface area contributed by atoms with Gasteiger partial charge in [-0.3, -0.25) is 0 Å². The molecule has 0 unspecified atom stereocenters. The second-order valence-corrected chi connectivity index (χ2v) is 4.69. The minimum Gasteiger partial charge on any atom is -0.379 e. The van der Waals surface area contributed by atoms with Crippen molar-refractivity contribution < 1.29 is 0 Å². The van der Waals surface area contributed by atoms with Crippen molar-refractivity contribution in [2.75, 3.05) is 5.32 Å². The first kappa shape index (κ1) is 12.4. The van der Waals surface area contributed by atoms with Crippen LogP contribution < -0.4 is 5.32 Å². The molecular formula is C14H16N6. The third kappa shape index (κ3) is 2.54. The van der Waals surface area contributed by atoms with Crippen molar-refractivity contribution in [1.82, 2.24) is 24.7 Å². The van der Waals surface area contributed by atoms with Gasteiger partial charge in [0.25, 0.3) is 0 Å². The number of rotatable bonds is 4. The Bertz CT molecular complexity index is 695. The summed E-state index contributed by atoms with van der Waals surface area (Å²) in [5.41, 5.74) is 3.18. The largest absolute Gasteiger partial charge is 0.379 e. The van der Waals surface area contributed by atoms with Crippen LogP contribution in [-0.2, 0) is 13.6 Å². The first-order valence-corrected chi connectivity index (χ1v) is 6.41. The van der Waals surface area contributed by atoms with Crippen LogP contribution >= 0.6 is 0 Å². The van der Waals surface area contributed by atoms with Gasteiger partial charge in [-0.2, -0.15) is 0 Å². The molecule has 0 fully saturated rings. The van der Waals surface area contributed by atoms with Crippen LogP contribution in [0.25, 0.3) is 11.4 Å². The highest BCUT2D eigenvalue weighted by Crippen LogP contribution is 2.18. The van der Waals surface area contributed by atoms with Crippen LogP contribution in [0.15, 0.2) is 36.8 Å². The van der Waals surface area contributed by atoms with Crippen LogP contribution in [0.3, 0.4) is 0 Å². The van der Waals surface area contributed by atoms with E-state index in [4.69, 9.17) is 0 Å². The number of aryl methyl sites for hydroxylation is 2. The van der Waals surface area contributed by atoms with Gasteiger partial charge in [-0.1, -0.05) is 0 Å². The van der Waals surface area contributed by atoms with Crippen molar-refractivity contribution >= 4 is 5.69 Å². The molecule has 2 N–H and O–H groups in total. The maximum absolute atomic E-state index is 4.17. The average molecular weight is 268 g/mol. The Labute approximate surface area is 116 Å². The molecule has 0 spiro atoms. The molecule has 0 bridgehead atoms. The molecule has 0 radical (unpaired) electrons. The number of hydrogen-bond donors (Lipinski definition) is 2. The molecule has 0 amide bonds. The zero-order valence-electron chi connectivity index (χ0n) is 11.5. The van der Waals surface area contributed by atoms with Gasteiger partial charge in [-0.15, -0.1) is 10.2 Å². The molecule has 0 atom stereocenters. The van der Waals surface area contributed by atoms with Crippen molar-refractivity contribution in [2.24, 2.45) is 7.05 Å². The Balaban J connectivity index is 1.69. The highest BCUT2D eigenvalue weighted by molar-refractivity contribution is 5.59. The fourth-order valence-corrected chi connectivity index (χ4v) is 2.04. The summed E-state index contributed by atoms with van der Waals surface area (Å²) >= 11 is 0. The summed E-state index contributed by atoms with van der Waals surface area (Å²) in [6, 6.07) is 8.13. The molecule has 0 aliphatic rings. The predicted molar refractivity (Wildman–Crippen MR) is 77.1 cm³/mol. The van der Waals surface area contributed by atoms with E-state index < -0.39 is 0 Å². The number of anilines is 1. The van der Waals surface area contributed by atoms with Crippen LogP contribution in [0.5, 0.6) is 0 Å². The van der Waals surface area contributed by atoms with E-state index in [1.54, 1.807) is 6.33 Å². The normalized spacial score (nSPS) is 10.7. The van der Waals surface area contributed by atoms with Crippen molar-refractivity contribution in [3.63, 3.8) is 0 Å². The Kier molecular flexibility index (Phi) is 3.20. The van der Waals surface area contributed by atoms with Gasteiger partial charge >= 0.3 is 0 Å². The molecule has 6 heteroatoms.